The van der Waals surface area contributed by atoms with Gasteiger partial charge in [0.1, 0.15) is 6.04 Å². The van der Waals surface area contributed by atoms with Crippen molar-refractivity contribution in [2.45, 2.75) is 42.0 Å². The van der Waals surface area contributed by atoms with Gasteiger partial charge in [0.2, 0.25) is 5.91 Å². The van der Waals surface area contributed by atoms with Crippen molar-refractivity contribution in [1.29, 1.82) is 0 Å². The molecule has 0 radical (unpaired) electrons. The Labute approximate surface area is 206 Å². The smallest absolute Gasteiger partial charge is 0.381 e. The Balaban J connectivity index is 1.37. The van der Waals surface area contributed by atoms with Gasteiger partial charge >= 0.3 is 6.18 Å². The normalized spacial score (nSPS) is 24.6. The van der Waals surface area contributed by atoms with Gasteiger partial charge in [-0.25, -0.2) is 8.42 Å². The zero-order chi connectivity index (χ0) is 25.8. The Morgan fingerprint density at radius 3 is 2.36 bits per heavy atom. The topological polar surface area (TPSA) is 92.8 Å². The number of fused-ring (bicyclic) bond motifs is 1. The van der Waals surface area contributed by atoms with Crippen LogP contribution in [0, 0.1) is 11.8 Å². The Morgan fingerprint density at radius 2 is 1.78 bits per heavy atom. The third-order valence-corrected chi connectivity index (χ3v) is 8.29. The van der Waals surface area contributed by atoms with Crippen LogP contribution in [-0.2, 0) is 25.5 Å². The van der Waals surface area contributed by atoms with E-state index in [0.29, 0.717) is 25.2 Å². The number of carbonyl (C=O) groups is 2. The second-order valence-corrected chi connectivity index (χ2v) is 11.7. The molecule has 36 heavy (non-hydrogen) atoms. The molecule has 0 unspecified atom stereocenters. The number of nitrogens with zero attached hydrogens (tertiary/aromatic N) is 1. The van der Waals surface area contributed by atoms with Crippen LogP contribution in [0.1, 0.15) is 40.4 Å². The summed E-state index contributed by atoms with van der Waals surface area (Å²) < 4.78 is 68.1. The number of piperidine rings is 1. The number of alkyl halides is 3. The molecule has 7 nitrogen and oxygen atoms in total. The van der Waals surface area contributed by atoms with Crippen molar-refractivity contribution in [3.8, 4) is 0 Å². The van der Waals surface area contributed by atoms with Crippen LogP contribution in [0.2, 0.25) is 0 Å². The number of halogens is 3. The Kier molecular flexibility index (Phi) is 6.11. The maximum Gasteiger partial charge on any atom is 0.416 e. The fraction of sp³-hybridized carbons (Fsp3) is 0.440. The van der Waals surface area contributed by atoms with Crippen molar-refractivity contribution in [3.63, 3.8) is 0 Å². The molecule has 2 heterocycles. The number of sulfone groups is 1. The van der Waals surface area contributed by atoms with E-state index in [2.05, 4.69) is 5.32 Å². The summed E-state index contributed by atoms with van der Waals surface area (Å²) in [4.78, 5) is 28.4. The number of ether oxygens (including phenoxy) is 1. The minimum atomic E-state index is -4.46. The molecule has 3 aliphatic rings. The fourth-order valence-corrected chi connectivity index (χ4v) is 5.71. The second kappa shape index (κ2) is 8.88. The average Bonchev–Trinajstić information content (AvgIpc) is 3.45. The van der Waals surface area contributed by atoms with Crippen LogP contribution in [0.4, 0.5) is 13.2 Å². The molecule has 1 saturated carbocycles. The molecular weight excluding hydrogens is 497 g/mol. The van der Waals surface area contributed by atoms with Crippen molar-refractivity contribution in [2.24, 2.45) is 11.8 Å². The summed E-state index contributed by atoms with van der Waals surface area (Å²) >= 11 is 0. The molecule has 3 fully saturated rings. The van der Waals surface area contributed by atoms with E-state index >= 15 is 0 Å². The molecule has 2 saturated heterocycles. The summed E-state index contributed by atoms with van der Waals surface area (Å²) in [7, 11) is -3.51. The molecule has 2 aromatic carbocycles. The standard InChI is InChI=1S/C25H25F3N2O5S/c1-36(33,34)19-4-2-3-15(9-19)24(32)30-20-10-16(20)11-21(30)23(31)29-22(17-12-35-13-17)14-5-7-18(8-6-14)25(26,27)28/h2-9,16-17,20-22H,10-13H2,1H3,(H,29,31)/t16-,20-,21-,22+/m1/s1. The molecular formula is C25H25F3N2O5S. The van der Waals surface area contributed by atoms with E-state index < -0.39 is 39.6 Å². The summed E-state index contributed by atoms with van der Waals surface area (Å²) in [6.45, 7) is 0.728. The quantitative estimate of drug-likeness (QED) is 0.629. The third kappa shape index (κ3) is 4.73. The van der Waals surface area contributed by atoms with Gasteiger partial charge in [0.15, 0.2) is 9.84 Å². The number of rotatable bonds is 6. The van der Waals surface area contributed by atoms with Gasteiger partial charge < -0.3 is 15.0 Å². The molecule has 11 heteroatoms. The highest BCUT2D eigenvalue weighted by molar-refractivity contribution is 7.90. The maximum absolute atomic E-state index is 13.4. The summed E-state index contributed by atoms with van der Waals surface area (Å²) in [5.41, 5.74) is -0.0494. The minimum absolute atomic E-state index is 0.0215. The number of hydrogen-bond donors (Lipinski definition) is 1. The zero-order valence-corrected chi connectivity index (χ0v) is 20.2. The molecule has 1 N–H and O–H groups in total. The van der Waals surface area contributed by atoms with Crippen LogP contribution in [0.3, 0.4) is 0 Å². The highest BCUT2D eigenvalue weighted by atomic mass is 32.2. The van der Waals surface area contributed by atoms with Crippen LogP contribution in [-0.4, -0.2) is 56.7 Å². The predicted molar refractivity (Wildman–Crippen MR) is 123 cm³/mol. The largest absolute Gasteiger partial charge is 0.416 e. The number of amides is 2. The Bertz CT molecular complexity index is 1290. The lowest BCUT2D eigenvalue weighted by Gasteiger charge is -2.36. The molecule has 5 rings (SSSR count). The highest BCUT2D eigenvalue weighted by Gasteiger charge is 2.56. The van der Waals surface area contributed by atoms with Gasteiger partial charge in [-0.2, -0.15) is 13.2 Å². The number of hydrogen-bond acceptors (Lipinski definition) is 5. The summed E-state index contributed by atoms with van der Waals surface area (Å²) in [6.07, 6.45) is -2.14. The second-order valence-electron chi connectivity index (χ2n) is 9.73. The lowest BCUT2D eigenvalue weighted by atomic mass is 9.90. The van der Waals surface area contributed by atoms with Crippen LogP contribution in [0.5, 0.6) is 0 Å². The first-order valence-electron chi connectivity index (χ1n) is 11.6. The molecule has 0 aromatic heterocycles. The van der Waals surface area contributed by atoms with E-state index in [1.54, 1.807) is 0 Å². The van der Waals surface area contributed by atoms with Gasteiger partial charge in [-0.3, -0.25) is 9.59 Å². The Hall–Kier alpha value is -2.92. The molecule has 0 bridgehead atoms. The number of nitrogens with one attached hydrogen (secondary N) is 1. The lowest BCUT2D eigenvalue weighted by molar-refractivity contribution is -0.137. The van der Waals surface area contributed by atoms with Crippen molar-refractivity contribution in [2.75, 3.05) is 19.5 Å². The number of carbonyl (C=O) groups excluding carboxylic acids is 2. The van der Waals surface area contributed by atoms with Gasteiger partial charge in [0.05, 0.1) is 29.7 Å². The lowest BCUT2D eigenvalue weighted by Crippen LogP contribution is -2.51. The summed E-state index contributed by atoms with van der Waals surface area (Å²) in [5, 5.41) is 2.96. The van der Waals surface area contributed by atoms with E-state index in [1.165, 1.54) is 41.3 Å². The van der Waals surface area contributed by atoms with Crippen LogP contribution in [0.25, 0.3) is 0 Å². The minimum Gasteiger partial charge on any atom is -0.381 e. The molecule has 0 spiro atoms. The van der Waals surface area contributed by atoms with Gasteiger partial charge in [-0.05, 0) is 54.7 Å². The first-order chi connectivity index (χ1) is 16.9. The van der Waals surface area contributed by atoms with Gasteiger partial charge in [0, 0.05) is 23.8 Å². The highest BCUT2D eigenvalue weighted by Crippen LogP contribution is 2.48. The SMILES string of the molecule is CS(=O)(=O)c1cccc(C(=O)N2[C@@H](C(=O)N[C@@H](c3ccc(C(F)(F)F)cc3)C3COC3)C[C@H]3C[C@H]32)c1. The number of likely N-dealkylation sites (tertiary alicyclic amines) is 1. The monoisotopic (exact) mass is 522 g/mol. The van der Waals surface area contributed by atoms with E-state index in [-0.39, 0.29) is 34.2 Å². The molecule has 2 amide bonds. The van der Waals surface area contributed by atoms with E-state index in [0.717, 1.165) is 24.8 Å². The van der Waals surface area contributed by atoms with Crippen LogP contribution >= 0.6 is 0 Å². The maximum atomic E-state index is 13.4. The first-order valence-corrected chi connectivity index (χ1v) is 13.5. The van der Waals surface area contributed by atoms with Crippen molar-refractivity contribution < 1.29 is 35.9 Å². The number of benzene rings is 2. The zero-order valence-electron chi connectivity index (χ0n) is 19.4. The van der Waals surface area contributed by atoms with Crippen LogP contribution < -0.4 is 5.32 Å². The molecule has 1 aliphatic carbocycles. The van der Waals surface area contributed by atoms with Crippen LogP contribution in [0.15, 0.2) is 53.4 Å². The molecule has 192 valence electrons. The molecule has 4 atom stereocenters. The summed E-state index contributed by atoms with van der Waals surface area (Å²) in [6, 6.07) is 9.05. The van der Waals surface area contributed by atoms with Crippen molar-refractivity contribution in [1.82, 2.24) is 10.2 Å². The average molecular weight is 523 g/mol. The first kappa shape index (κ1) is 24.8. The van der Waals surface area contributed by atoms with Gasteiger partial charge in [0.25, 0.3) is 5.91 Å². The molecule has 2 aliphatic heterocycles. The predicted octanol–water partition coefficient (Wildman–Crippen LogP) is 3.22. The Morgan fingerprint density at radius 1 is 1.08 bits per heavy atom. The molecule has 2 aromatic rings. The third-order valence-electron chi connectivity index (χ3n) is 7.18. The summed E-state index contributed by atoms with van der Waals surface area (Å²) in [5.74, 6) is -0.702. The van der Waals surface area contributed by atoms with Crippen molar-refractivity contribution in [3.05, 3.63) is 65.2 Å². The van der Waals surface area contributed by atoms with Crippen molar-refractivity contribution >= 4 is 21.7 Å². The van der Waals surface area contributed by atoms with E-state index in [9.17, 15) is 31.2 Å². The van der Waals surface area contributed by atoms with E-state index in [1.807, 2.05) is 0 Å². The van der Waals surface area contributed by atoms with E-state index in [4.69, 9.17) is 4.74 Å². The van der Waals surface area contributed by atoms with Gasteiger partial charge in [-0.1, -0.05) is 18.2 Å². The van der Waals surface area contributed by atoms with Gasteiger partial charge in [-0.15, -0.1) is 0 Å². The fourth-order valence-electron chi connectivity index (χ4n) is 5.04.